The van der Waals surface area contributed by atoms with Crippen molar-refractivity contribution in [1.29, 1.82) is 0 Å². The van der Waals surface area contributed by atoms with Gasteiger partial charge in [0, 0.05) is 35.1 Å². The van der Waals surface area contributed by atoms with Crippen molar-refractivity contribution in [3.05, 3.63) is 96.5 Å². The number of aryl methyl sites for hydroxylation is 1. The summed E-state index contributed by atoms with van der Waals surface area (Å²) in [4.78, 5) is 26.3. The van der Waals surface area contributed by atoms with Crippen LogP contribution in [0.5, 0.6) is 11.5 Å². The largest absolute Gasteiger partial charge is 0.456 e. The number of fused-ring (bicyclic) bond motifs is 1. The molecule has 2 aromatic carbocycles. The number of rotatable bonds is 8. The highest BCUT2D eigenvalue weighted by atomic mass is 32.2. The molecule has 5 rings (SSSR count). The molecule has 10 heteroatoms. The van der Waals surface area contributed by atoms with Gasteiger partial charge in [0.25, 0.3) is 0 Å². The van der Waals surface area contributed by atoms with Crippen LogP contribution in [0.25, 0.3) is 10.9 Å². The Morgan fingerprint density at radius 3 is 2.51 bits per heavy atom. The van der Waals surface area contributed by atoms with Gasteiger partial charge in [-0.15, -0.1) is 0 Å². The number of amides is 1. The molecule has 3 heterocycles. The van der Waals surface area contributed by atoms with Crippen LogP contribution in [0, 0.1) is 6.92 Å². The van der Waals surface area contributed by atoms with Crippen molar-refractivity contribution in [3.8, 4) is 11.5 Å². The lowest BCUT2D eigenvalue weighted by Crippen LogP contribution is -2.22. The van der Waals surface area contributed by atoms with Gasteiger partial charge in [-0.05, 0) is 82.1 Å². The molecule has 0 fully saturated rings. The fourth-order valence-corrected chi connectivity index (χ4v) is 5.49. The third-order valence-electron chi connectivity index (χ3n) is 6.55. The predicted molar refractivity (Wildman–Crippen MR) is 159 cm³/mol. The van der Waals surface area contributed by atoms with Crippen LogP contribution < -0.4 is 10.1 Å². The van der Waals surface area contributed by atoms with Crippen LogP contribution in [0.15, 0.2) is 84.4 Å². The number of aromatic nitrogens is 5. The molecule has 2 atom stereocenters. The van der Waals surface area contributed by atoms with Crippen molar-refractivity contribution in [1.82, 2.24) is 24.7 Å². The lowest BCUT2D eigenvalue weighted by molar-refractivity contribution is -0.115. The minimum Gasteiger partial charge on any atom is -0.456 e. The van der Waals surface area contributed by atoms with E-state index in [1.807, 2.05) is 61.1 Å². The van der Waals surface area contributed by atoms with Gasteiger partial charge < -0.3 is 10.1 Å². The molecular formula is C31H32N6O3S. The third-order valence-corrected chi connectivity index (χ3v) is 8.12. The molecule has 0 saturated carbocycles. The van der Waals surface area contributed by atoms with Crippen molar-refractivity contribution in [3.63, 3.8) is 0 Å². The molecule has 3 aromatic heterocycles. The summed E-state index contributed by atoms with van der Waals surface area (Å²) in [7, 11) is -1.37. The molecule has 0 aliphatic rings. The van der Waals surface area contributed by atoms with E-state index in [0.717, 1.165) is 22.0 Å². The molecule has 1 amide bonds. The van der Waals surface area contributed by atoms with Crippen molar-refractivity contribution in [2.45, 2.75) is 56.7 Å². The Morgan fingerprint density at radius 2 is 1.80 bits per heavy atom. The van der Waals surface area contributed by atoms with E-state index in [4.69, 9.17) is 4.74 Å². The van der Waals surface area contributed by atoms with Crippen LogP contribution in [0.4, 0.5) is 5.69 Å². The maximum absolute atomic E-state index is 13.3. The topological polar surface area (TPSA) is 112 Å². The van der Waals surface area contributed by atoms with Crippen molar-refractivity contribution >= 4 is 33.3 Å². The highest BCUT2D eigenvalue weighted by Gasteiger charge is 2.20. The predicted octanol–water partition coefficient (Wildman–Crippen LogP) is 6.13. The van der Waals surface area contributed by atoms with Gasteiger partial charge >= 0.3 is 0 Å². The SMILES string of the molecule is Cc1cc(CC(=O)Nc2cnn(C(C)(C)C)c2)ccc1Oc1ccnc2ccc(S(=O)C(C)c3ncccn3)cc12. The maximum atomic E-state index is 13.3. The van der Waals surface area contributed by atoms with E-state index in [2.05, 4.69) is 46.1 Å². The summed E-state index contributed by atoms with van der Waals surface area (Å²) in [6.07, 6.45) is 8.68. The first kappa shape index (κ1) is 28.1. The molecule has 1 N–H and O–H groups in total. The van der Waals surface area contributed by atoms with Crippen molar-refractivity contribution in [2.24, 2.45) is 0 Å². The Kier molecular flexibility index (Phi) is 7.94. The summed E-state index contributed by atoms with van der Waals surface area (Å²) in [6, 6.07) is 14.7. The standard InChI is InChI=1S/C31H32N6O3S/c1-20-15-22(16-29(38)36-23-18-35-37(19-23)31(3,4)5)7-10-27(20)40-28-11-14-32-26-9-8-24(17-25(26)28)41(39)21(2)30-33-12-6-13-34-30/h6-15,17-19,21H,16H2,1-5H3,(H,36,38). The summed E-state index contributed by atoms with van der Waals surface area (Å²) < 4.78 is 21.5. The molecule has 9 nitrogen and oxygen atoms in total. The van der Waals surface area contributed by atoms with E-state index < -0.39 is 10.8 Å². The van der Waals surface area contributed by atoms with Gasteiger partial charge in [-0.2, -0.15) is 5.10 Å². The molecule has 2 unspecified atom stereocenters. The number of nitrogens with one attached hydrogen (secondary N) is 1. The number of carbonyl (C=O) groups excluding carboxylic acids is 1. The molecule has 0 aliphatic heterocycles. The molecule has 41 heavy (non-hydrogen) atoms. The van der Waals surface area contributed by atoms with Gasteiger partial charge in [-0.3, -0.25) is 18.7 Å². The molecule has 0 radical (unpaired) electrons. The Bertz CT molecular complexity index is 1730. The summed E-state index contributed by atoms with van der Waals surface area (Å²) in [5, 5.41) is 7.62. The van der Waals surface area contributed by atoms with Crippen LogP contribution in [0.3, 0.4) is 0 Å². The number of hydrogen-bond donors (Lipinski definition) is 1. The fraction of sp³-hybridized carbons (Fsp3) is 0.258. The van der Waals surface area contributed by atoms with E-state index in [0.29, 0.717) is 27.9 Å². The number of carbonyl (C=O) groups is 1. The zero-order valence-electron chi connectivity index (χ0n) is 23.7. The zero-order valence-corrected chi connectivity index (χ0v) is 24.5. The van der Waals surface area contributed by atoms with Gasteiger partial charge in [-0.1, -0.05) is 12.1 Å². The number of hydrogen-bond acceptors (Lipinski definition) is 7. The lowest BCUT2D eigenvalue weighted by atomic mass is 10.1. The average Bonchev–Trinajstić information content (AvgIpc) is 3.43. The Balaban J connectivity index is 1.31. The van der Waals surface area contributed by atoms with E-state index in [1.165, 1.54) is 0 Å². The second-order valence-corrected chi connectivity index (χ2v) is 12.6. The summed E-state index contributed by atoms with van der Waals surface area (Å²) in [6.45, 7) is 9.94. The van der Waals surface area contributed by atoms with Crippen LogP contribution in [0.2, 0.25) is 0 Å². The Labute approximate surface area is 241 Å². The first-order valence-corrected chi connectivity index (χ1v) is 14.5. The molecular weight excluding hydrogens is 536 g/mol. The maximum Gasteiger partial charge on any atom is 0.228 e. The van der Waals surface area contributed by atoms with Gasteiger partial charge in [-0.25, -0.2) is 9.97 Å². The molecule has 0 aliphatic carbocycles. The zero-order chi connectivity index (χ0) is 29.1. The number of pyridine rings is 1. The Morgan fingerprint density at radius 1 is 1.02 bits per heavy atom. The summed E-state index contributed by atoms with van der Waals surface area (Å²) in [5.74, 6) is 1.66. The number of anilines is 1. The summed E-state index contributed by atoms with van der Waals surface area (Å²) >= 11 is 0. The molecule has 5 aromatic rings. The van der Waals surface area contributed by atoms with Gasteiger partial charge in [0.05, 0.1) is 45.4 Å². The Hall–Kier alpha value is -4.44. The monoisotopic (exact) mass is 568 g/mol. The first-order chi connectivity index (χ1) is 19.6. The number of nitrogens with zero attached hydrogens (tertiary/aromatic N) is 5. The normalized spacial score (nSPS) is 13.1. The summed E-state index contributed by atoms with van der Waals surface area (Å²) in [5.41, 5.74) is 2.98. The average molecular weight is 569 g/mol. The van der Waals surface area contributed by atoms with E-state index >= 15 is 0 Å². The molecule has 0 bridgehead atoms. The highest BCUT2D eigenvalue weighted by molar-refractivity contribution is 7.85. The van der Waals surface area contributed by atoms with Gasteiger partial charge in [0.2, 0.25) is 5.91 Å². The number of ether oxygens (including phenoxy) is 1. The molecule has 0 spiro atoms. The van der Waals surface area contributed by atoms with Crippen LogP contribution >= 0.6 is 0 Å². The molecule has 210 valence electrons. The van der Waals surface area contributed by atoms with Crippen molar-refractivity contribution < 1.29 is 13.7 Å². The van der Waals surface area contributed by atoms with Gasteiger partial charge in [0.1, 0.15) is 17.3 Å². The van der Waals surface area contributed by atoms with Crippen LogP contribution in [0.1, 0.15) is 49.9 Å². The highest BCUT2D eigenvalue weighted by Crippen LogP contribution is 2.33. The minimum absolute atomic E-state index is 0.123. The third kappa shape index (κ3) is 6.49. The first-order valence-electron chi connectivity index (χ1n) is 13.3. The quantitative estimate of drug-likeness (QED) is 0.240. The second kappa shape index (κ2) is 11.6. The van der Waals surface area contributed by atoms with E-state index in [9.17, 15) is 9.00 Å². The second-order valence-electron chi connectivity index (χ2n) is 10.8. The minimum atomic E-state index is -1.37. The van der Waals surface area contributed by atoms with Crippen LogP contribution in [-0.2, 0) is 27.6 Å². The van der Waals surface area contributed by atoms with Crippen molar-refractivity contribution in [2.75, 3.05) is 5.32 Å². The molecule has 0 saturated heterocycles. The van der Waals surface area contributed by atoms with E-state index in [1.54, 1.807) is 36.9 Å². The smallest absolute Gasteiger partial charge is 0.228 e. The number of benzene rings is 2. The lowest BCUT2D eigenvalue weighted by Gasteiger charge is -2.18. The fourth-order valence-electron chi connectivity index (χ4n) is 4.33. The van der Waals surface area contributed by atoms with E-state index in [-0.39, 0.29) is 23.1 Å². The van der Waals surface area contributed by atoms with Gasteiger partial charge in [0.15, 0.2) is 0 Å². The van der Waals surface area contributed by atoms with Crippen LogP contribution in [-0.4, -0.2) is 34.8 Å².